The summed E-state index contributed by atoms with van der Waals surface area (Å²) >= 11 is 0. The molecule has 2 heterocycles. The number of aromatic nitrogens is 1. The molecule has 156 valence electrons. The molecule has 6 heteroatoms. The minimum Gasteiger partial charge on any atom is -0.364 e. The molecule has 0 saturated carbocycles. The quantitative estimate of drug-likeness (QED) is 0.403. The minimum atomic E-state index is -0.961. The van der Waals surface area contributed by atoms with Gasteiger partial charge < -0.3 is 19.1 Å². The van der Waals surface area contributed by atoms with E-state index in [9.17, 15) is 4.79 Å². The number of unbranched alkanes of at least 4 members (excludes halogenated alkanes) is 1. The summed E-state index contributed by atoms with van der Waals surface area (Å²) in [6.45, 7) is 6.78. The second-order valence-corrected chi connectivity index (χ2v) is 7.73. The van der Waals surface area contributed by atoms with Crippen molar-refractivity contribution < 1.29 is 19.0 Å². The Kier molecular flexibility index (Phi) is 8.60. The van der Waals surface area contributed by atoms with E-state index in [2.05, 4.69) is 37.9 Å². The molecule has 1 aliphatic heterocycles. The molecule has 1 saturated heterocycles. The minimum absolute atomic E-state index is 0.0641. The number of rotatable bonds is 12. The van der Waals surface area contributed by atoms with Gasteiger partial charge in [-0.1, -0.05) is 39.3 Å². The first-order valence-electron chi connectivity index (χ1n) is 10.0. The highest BCUT2D eigenvalue weighted by Gasteiger charge is 2.61. The Morgan fingerprint density at radius 2 is 2.11 bits per heavy atom. The zero-order valence-electron chi connectivity index (χ0n) is 17.8. The van der Waals surface area contributed by atoms with Gasteiger partial charge in [0.05, 0.1) is 6.04 Å². The van der Waals surface area contributed by atoms with Crippen LogP contribution in [-0.4, -0.2) is 55.2 Å². The third-order valence-corrected chi connectivity index (χ3v) is 4.98. The average Bonchev–Trinajstić information content (AvgIpc) is 2.68. The van der Waals surface area contributed by atoms with Gasteiger partial charge in [0.1, 0.15) is 13.5 Å². The van der Waals surface area contributed by atoms with Crippen LogP contribution in [-0.2, 0) is 25.4 Å². The zero-order chi connectivity index (χ0) is 20.6. The number of hydrogen-bond acceptors (Lipinski definition) is 5. The van der Waals surface area contributed by atoms with E-state index >= 15 is 0 Å². The average molecular weight is 391 g/mol. The van der Waals surface area contributed by atoms with Crippen LogP contribution in [0.1, 0.15) is 51.3 Å². The van der Waals surface area contributed by atoms with Crippen molar-refractivity contribution >= 4 is 12.0 Å². The fourth-order valence-electron chi connectivity index (χ4n) is 3.68. The molecule has 0 unspecified atom stereocenters. The molecule has 1 fully saturated rings. The van der Waals surface area contributed by atoms with Gasteiger partial charge >= 0.3 is 0 Å². The van der Waals surface area contributed by atoms with Crippen molar-refractivity contribution in [3.8, 4) is 0 Å². The lowest BCUT2D eigenvalue weighted by Gasteiger charge is -2.55. The van der Waals surface area contributed by atoms with Crippen LogP contribution in [0.2, 0.25) is 0 Å². The maximum Gasteiger partial charge on any atom is 0.259 e. The van der Waals surface area contributed by atoms with E-state index in [1.165, 1.54) is 0 Å². The monoisotopic (exact) mass is 390 g/mol. The number of amides is 1. The first-order valence-corrected chi connectivity index (χ1v) is 10.0. The van der Waals surface area contributed by atoms with Crippen molar-refractivity contribution in [2.45, 2.75) is 58.1 Å². The molecule has 2 atom stereocenters. The topological polar surface area (TPSA) is 60.9 Å². The van der Waals surface area contributed by atoms with E-state index in [4.69, 9.17) is 14.2 Å². The summed E-state index contributed by atoms with van der Waals surface area (Å²) in [7, 11) is 3.17. The van der Waals surface area contributed by atoms with Crippen LogP contribution in [0.4, 0.5) is 0 Å². The molecule has 0 bridgehead atoms. The molecule has 0 aromatic carbocycles. The number of nitrogens with zero attached hydrogens (tertiary/aromatic N) is 2. The van der Waals surface area contributed by atoms with Crippen molar-refractivity contribution in [2.75, 3.05) is 27.7 Å². The largest absolute Gasteiger partial charge is 0.364 e. The summed E-state index contributed by atoms with van der Waals surface area (Å²) in [6, 6.07) is 3.93. The van der Waals surface area contributed by atoms with Crippen LogP contribution in [0.3, 0.4) is 0 Å². The van der Waals surface area contributed by atoms with Crippen LogP contribution >= 0.6 is 0 Å². The molecule has 28 heavy (non-hydrogen) atoms. The predicted molar refractivity (Wildman–Crippen MR) is 110 cm³/mol. The summed E-state index contributed by atoms with van der Waals surface area (Å²) in [5.74, 6) is 0.352. The highest BCUT2D eigenvalue weighted by Crippen LogP contribution is 2.40. The number of methoxy groups -OCH3 is 2. The smallest absolute Gasteiger partial charge is 0.259 e. The number of carbonyl (C=O) groups excluding carboxylic acids is 1. The second-order valence-electron chi connectivity index (χ2n) is 7.73. The van der Waals surface area contributed by atoms with E-state index in [1.54, 1.807) is 25.3 Å². The lowest BCUT2D eigenvalue weighted by Crippen LogP contribution is -2.76. The van der Waals surface area contributed by atoms with Crippen LogP contribution < -0.4 is 0 Å². The summed E-state index contributed by atoms with van der Waals surface area (Å²) in [6.07, 6.45) is 9.45. The molecule has 6 nitrogen and oxygen atoms in total. The maximum atomic E-state index is 13.1. The van der Waals surface area contributed by atoms with Crippen LogP contribution in [0.5, 0.6) is 0 Å². The number of hydrogen-bond donors (Lipinski definition) is 0. The molecule has 1 aromatic rings. The van der Waals surface area contributed by atoms with Crippen molar-refractivity contribution in [1.82, 2.24) is 9.88 Å². The fraction of sp³-hybridized carbons (Fsp3) is 0.636. The zero-order valence-corrected chi connectivity index (χ0v) is 17.8. The van der Waals surface area contributed by atoms with Gasteiger partial charge in [0.2, 0.25) is 0 Å². The van der Waals surface area contributed by atoms with Crippen molar-refractivity contribution in [3.05, 3.63) is 35.7 Å². The Hall–Kier alpha value is -1.76. The standard InChI is InChI=1S/C22H34N2O4/c1-6-7-8-9-18-10-11-23-19(13-18)14-22(28-16-27-5)20(12-17(2)3)24(15-26-4)21(22)25/h8-11,13,17,20H,6-7,12,14-16H2,1-5H3/b9-8+/t20-,22+/m0/s1. The number of pyridine rings is 1. The molecule has 1 aromatic heterocycles. The van der Waals surface area contributed by atoms with E-state index in [-0.39, 0.29) is 25.5 Å². The Morgan fingerprint density at radius 3 is 2.75 bits per heavy atom. The molecule has 1 amide bonds. The summed E-state index contributed by atoms with van der Waals surface area (Å²) in [5, 5.41) is 0. The Balaban J connectivity index is 2.29. The highest BCUT2D eigenvalue weighted by atomic mass is 16.7. The van der Waals surface area contributed by atoms with E-state index in [0.29, 0.717) is 12.3 Å². The van der Waals surface area contributed by atoms with Crippen molar-refractivity contribution in [1.29, 1.82) is 0 Å². The molecule has 0 N–H and O–H groups in total. The predicted octanol–water partition coefficient (Wildman–Crippen LogP) is 3.66. The molecule has 1 aliphatic rings. The first kappa shape index (κ1) is 22.5. The first-order chi connectivity index (χ1) is 13.5. The Labute approximate surface area is 168 Å². The molecular weight excluding hydrogens is 356 g/mol. The number of likely N-dealkylation sites (tertiary alicyclic amines) is 1. The van der Waals surface area contributed by atoms with E-state index < -0.39 is 5.60 Å². The second kappa shape index (κ2) is 10.7. The van der Waals surface area contributed by atoms with E-state index in [1.807, 2.05) is 12.1 Å². The molecule has 0 radical (unpaired) electrons. The molecular formula is C22H34N2O4. The Bertz CT molecular complexity index is 662. The fourth-order valence-corrected chi connectivity index (χ4v) is 3.68. The van der Waals surface area contributed by atoms with Gasteiger partial charge in [0, 0.05) is 32.5 Å². The summed E-state index contributed by atoms with van der Waals surface area (Å²) < 4.78 is 16.4. The van der Waals surface area contributed by atoms with Crippen molar-refractivity contribution in [3.63, 3.8) is 0 Å². The molecule has 2 rings (SSSR count). The van der Waals surface area contributed by atoms with Crippen LogP contribution in [0, 0.1) is 5.92 Å². The van der Waals surface area contributed by atoms with Gasteiger partial charge in [-0.3, -0.25) is 9.78 Å². The van der Waals surface area contributed by atoms with Gasteiger partial charge in [-0.25, -0.2) is 0 Å². The van der Waals surface area contributed by atoms with Gasteiger partial charge in [-0.2, -0.15) is 0 Å². The summed E-state index contributed by atoms with van der Waals surface area (Å²) in [5.41, 5.74) is 0.965. The van der Waals surface area contributed by atoms with Gasteiger partial charge in [-0.05, 0) is 36.5 Å². The third kappa shape index (κ3) is 5.19. The normalized spacial score (nSPS) is 22.3. The summed E-state index contributed by atoms with van der Waals surface area (Å²) in [4.78, 5) is 19.4. The lowest BCUT2D eigenvalue weighted by atomic mass is 9.75. The molecule has 0 spiro atoms. The highest BCUT2D eigenvalue weighted by molar-refractivity contribution is 5.93. The lowest BCUT2D eigenvalue weighted by molar-refractivity contribution is -0.235. The maximum absolute atomic E-state index is 13.1. The van der Waals surface area contributed by atoms with Crippen LogP contribution in [0.25, 0.3) is 6.08 Å². The Morgan fingerprint density at radius 1 is 1.32 bits per heavy atom. The van der Waals surface area contributed by atoms with Crippen LogP contribution in [0.15, 0.2) is 24.4 Å². The van der Waals surface area contributed by atoms with Gasteiger partial charge in [0.25, 0.3) is 5.91 Å². The molecule has 0 aliphatic carbocycles. The number of β-lactam (4-membered cyclic amide) rings is 1. The van der Waals surface area contributed by atoms with Gasteiger partial charge in [0.15, 0.2) is 5.60 Å². The number of ether oxygens (including phenoxy) is 3. The third-order valence-electron chi connectivity index (χ3n) is 4.98. The number of allylic oxidation sites excluding steroid dienone is 1. The number of carbonyl (C=O) groups is 1. The SMILES string of the molecule is CCC/C=C/c1ccnc(C[C@]2(OCOC)C(=O)N(COC)[C@H]2CC(C)C)c1. The van der Waals surface area contributed by atoms with Gasteiger partial charge in [-0.15, -0.1) is 0 Å². The van der Waals surface area contributed by atoms with E-state index in [0.717, 1.165) is 30.5 Å². The van der Waals surface area contributed by atoms with Crippen molar-refractivity contribution in [2.24, 2.45) is 5.92 Å².